The fraction of sp³-hybridized carbons (Fsp3) is 0.571. The Labute approximate surface area is 164 Å². The number of aromatic nitrogens is 1. The van der Waals surface area contributed by atoms with E-state index in [9.17, 15) is 4.39 Å². The lowest BCUT2D eigenvalue weighted by molar-refractivity contribution is 0.0610. The van der Waals surface area contributed by atoms with Crippen molar-refractivity contribution in [2.45, 2.75) is 44.1 Å². The Kier molecular flexibility index (Phi) is 5.76. The molecule has 2 fully saturated rings. The lowest BCUT2D eigenvalue weighted by Gasteiger charge is -2.36. The molecule has 4 nitrogen and oxygen atoms in total. The predicted octanol–water partition coefficient (Wildman–Crippen LogP) is 4.27. The summed E-state index contributed by atoms with van der Waals surface area (Å²) in [6.07, 6.45) is 4.06. The molecule has 1 atom stereocenters. The molecule has 3 heterocycles. The minimum atomic E-state index is -0.386. The van der Waals surface area contributed by atoms with E-state index < -0.39 is 0 Å². The van der Waals surface area contributed by atoms with Gasteiger partial charge in [-0.3, -0.25) is 4.90 Å². The summed E-state index contributed by atoms with van der Waals surface area (Å²) in [5.74, 6) is -0.147. The average molecular weight is 390 g/mol. The van der Waals surface area contributed by atoms with Gasteiger partial charge in [-0.25, -0.2) is 9.37 Å². The van der Waals surface area contributed by atoms with Gasteiger partial charge >= 0.3 is 0 Å². The molecule has 146 valence electrons. The third-order valence-electron chi connectivity index (χ3n) is 6.12. The molecule has 1 aromatic carbocycles. The van der Waals surface area contributed by atoms with E-state index in [1.807, 2.05) is 12.1 Å². The summed E-state index contributed by atoms with van der Waals surface area (Å²) < 4.78 is 20.2. The number of nitrogens with one attached hydrogen (secondary N) is 1. The van der Waals surface area contributed by atoms with Gasteiger partial charge in [-0.05, 0) is 44.8 Å². The second-order valence-electron chi connectivity index (χ2n) is 7.52. The Hall–Kier alpha value is -1.50. The number of likely N-dealkylation sites (N-methyl/N-ethyl adjacent to an activating group) is 1. The largest absolute Gasteiger partial charge is 0.381 e. The molecule has 0 saturated carbocycles. The highest BCUT2D eigenvalue weighted by Gasteiger charge is 2.40. The van der Waals surface area contributed by atoms with Crippen molar-refractivity contribution in [3.05, 3.63) is 46.7 Å². The Bertz CT molecular complexity index is 759. The minimum absolute atomic E-state index is 0.147. The van der Waals surface area contributed by atoms with Crippen LogP contribution in [0.2, 0.25) is 0 Å². The molecule has 0 radical (unpaired) electrons. The fourth-order valence-corrected chi connectivity index (χ4v) is 5.37. The summed E-state index contributed by atoms with van der Waals surface area (Å²) in [7, 11) is 0. The van der Waals surface area contributed by atoms with E-state index >= 15 is 0 Å². The molecule has 0 spiro atoms. The number of nitrogens with zero attached hydrogens (tertiary/aromatic N) is 2. The van der Waals surface area contributed by atoms with Crippen molar-refractivity contribution in [3.8, 4) is 0 Å². The van der Waals surface area contributed by atoms with Gasteiger partial charge in [0.2, 0.25) is 0 Å². The van der Waals surface area contributed by atoms with Crippen molar-refractivity contribution in [2.75, 3.05) is 38.2 Å². The van der Waals surface area contributed by atoms with Crippen LogP contribution in [0.15, 0.2) is 29.6 Å². The Balaban J connectivity index is 1.55. The Morgan fingerprint density at radius 1 is 1.33 bits per heavy atom. The van der Waals surface area contributed by atoms with Crippen LogP contribution in [-0.2, 0) is 10.2 Å². The van der Waals surface area contributed by atoms with Crippen molar-refractivity contribution >= 4 is 16.5 Å². The Morgan fingerprint density at radius 2 is 2.15 bits per heavy atom. The van der Waals surface area contributed by atoms with Crippen LogP contribution in [-0.4, -0.2) is 48.8 Å². The van der Waals surface area contributed by atoms with E-state index in [0.29, 0.717) is 19.3 Å². The first-order chi connectivity index (χ1) is 13.2. The van der Waals surface area contributed by atoms with Crippen molar-refractivity contribution in [3.63, 3.8) is 0 Å². The predicted molar refractivity (Wildman–Crippen MR) is 108 cm³/mol. The standard InChI is InChI=1S/C21H28FN3OS/c1-2-25-11-5-6-16(25)14-23-20-24-19(15-27-20)21(9-12-26-13-10-21)17-7-3-4-8-18(17)22/h3-4,7-8,15-16H,2,5-6,9-14H2,1H3,(H,23,24). The average Bonchev–Trinajstić information content (AvgIpc) is 3.36. The van der Waals surface area contributed by atoms with Gasteiger partial charge in [0.25, 0.3) is 0 Å². The summed E-state index contributed by atoms with van der Waals surface area (Å²) in [6, 6.07) is 7.72. The van der Waals surface area contributed by atoms with Gasteiger partial charge < -0.3 is 10.1 Å². The number of ether oxygens (including phenoxy) is 1. The van der Waals surface area contributed by atoms with E-state index in [2.05, 4.69) is 22.5 Å². The van der Waals surface area contributed by atoms with Crippen molar-refractivity contribution in [1.82, 2.24) is 9.88 Å². The topological polar surface area (TPSA) is 37.4 Å². The normalized spacial score (nSPS) is 22.8. The summed E-state index contributed by atoms with van der Waals surface area (Å²) in [6.45, 7) is 6.73. The molecule has 0 amide bonds. The molecule has 27 heavy (non-hydrogen) atoms. The molecular formula is C21H28FN3OS. The second kappa shape index (κ2) is 8.25. The third kappa shape index (κ3) is 3.75. The molecule has 1 aromatic heterocycles. The summed E-state index contributed by atoms with van der Waals surface area (Å²) >= 11 is 1.63. The van der Waals surface area contributed by atoms with E-state index in [4.69, 9.17) is 9.72 Å². The van der Waals surface area contributed by atoms with Crippen LogP contribution in [0.5, 0.6) is 0 Å². The zero-order valence-electron chi connectivity index (χ0n) is 15.9. The highest BCUT2D eigenvalue weighted by atomic mass is 32.1. The number of rotatable bonds is 6. The smallest absolute Gasteiger partial charge is 0.182 e. The highest BCUT2D eigenvalue weighted by Crippen LogP contribution is 2.43. The zero-order chi connectivity index (χ0) is 18.7. The number of hydrogen-bond donors (Lipinski definition) is 1. The summed E-state index contributed by atoms with van der Waals surface area (Å²) in [4.78, 5) is 7.43. The number of anilines is 1. The van der Waals surface area contributed by atoms with Crippen LogP contribution in [0, 0.1) is 5.82 Å². The summed E-state index contributed by atoms with van der Waals surface area (Å²) in [5.41, 5.74) is 1.34. The molecule has 2 aromatic rings. The van der Waals surface area contributed by atoms with Crippen LogP contribution in [0.4, 0.5) is 9.52 Å². The molecule has 1 unspecified atom stereocenters. The lowest BCUT2D eigenvalue weighted by atomic mass is 9.72. The molecule has 4 rings (SSSR count). The number of likely N-dealkylation sites (tertiary alicyclic amines) is 1. The molecule has 2 aliphatic heterocycles. The maximum Gasteiger partial charge on any atom is 0.182 e. The first kappa shape index (κ1) is 18.8. The number of hydrogen-bond acceptors (Lipinski definition) is 5. The molecule has 6 heteroatoms. The van der Waals surface area contributed by atoms with Crippen molar-refractivity contribution in [2.24, 2.45) is 0 Å². The SMILES string of the molecule is CCN1CCCC1CNc1nc(C2(c3ccccc3F)CCOCC2)cs1. The summed E-state index contributed by atoms with van der Waals surface area (Å²) in [5, 5.41) is 6.58. The molecule has 1 N–H and O–H groups in total. The fourth-order valence-electron chi connectivity index (χ4n) is 4.56. The number of thiazole rings is 1. The number of halogens is 1. The van der Waals surface area contributed by atoms with Gasteiger partial charge in [0.05, 0.1) is 5.69 Å². The quantitative estimate of drug-likeness (QED) is 0.800. The van der Waals surface area contributed by atoms with Gasteiger partial charge in [-0.2, -0.15) is 0 Å². The maximum atomic E-state index is 14.7. The second-order valence-corrected chi connectivity index (χ2v) is 8.38. The number of benzene rings is 1. The molecule has 0 aliphatic carbocycles. The van der Waals surface area contributed by atoms with Gasteiger partial charge in [0, 0.05) is 42.2 Å². The van der Waals surface area contributed by atoms with Crippen LogP contribution >= 0.6 is 11.3 Å². The van der Waals surface area contributed by atoms with Crippen LogP contribution in [0.1, 0.15) is 43.9 Å². The molecule has 0 bridgehead atoms. The van der Waals surface area contributed by atoms with Gasteiger partial charge in [-0.15, -0.1) is 11.3 Å². The van der Waals surface area contributed by atoms with E-state index in [1.165, 1.54) is 19.4 Å². The van der Waals surface area contributed by atoms with Crippen LogP contribution in [0.25, 0.3) is 0 Å². The highest BCUT2D eigenvalue weighted by molar-refractivity contribution is 7.13. The molecular weight excluding hydrogens is 361 g/mol. The van der Waals surface area contributed by atoms with Crippen molar-refractivity contribution in [1.29, 1.82) is 0 Å². The van der Waals surface area contributed by atoms with Crippen LogP contribution < -0.4 is 5.32 Å². The van der Waals surface area contributed by atoms with E-state index in [0.717, 1.165) is 42.3 Å². The van der Waals surface area contributed by atoms with Crippen LogP contribution in [0.3, 0.4) is 0 Å². The minimum Gasteiger partial charge on any atom is -0.381 e. The van der Waals surface area contributed by atoms with Crippen molar-refractivity contribution < 1.29 is 9.13 Å². The zero-order valence-corrected chi connectivity index (χ0v) is 16.7. The molecule has 2 aliphatic rings. The van der Waals surface area contributed by atoms with Gasteiger partial charge in [-0.1, -0.05) is 25.1 Å². The molecule has 2 saturated heterocycles. The monoisotopic (exact) mass is 389 g/mol. The lowest BCUT2D eigenvalue weighted by Crippen LogP contribution is -2.36. The van der Waals surface area contributed by atoms with Gasteiger partial charge in [0.15, 0.2) is 5.13 Å². The first-order valence-corrected chi connectivity index (χ1v) is 10.9. The third-order valence-corrected chi connectivity index (χ3v) is 6.92. The van der Waals surface area contributed by atoms with E-state index in [1.54, 1.807) is 23.5 Å². The maximum absolute atomic E-state index is 14.7. The van der Waals surface area contributed by atoms with E-state index in [-0.39, 0.29) is 11.2 Å². The Morgan fingerprint density at radius 3 is 2.93 bits per heavy atom. The van der Waals surface area contributed by atoms with Gasteiger partial charge in [0.1, 0.15) is 5.82 Å². The first-order valence-electron chi connectivity index (χ1n) is 9.99.